The van der Waals surface area contributed by atoms with E-state index in [2.05, 4.69) is 41.7 Å². The third-order valence-electron chi connectivity index (χ3n) is 12.3. The van der Waals surface area contributed by atoms with E-state index in [1.165, 1.54) is 6.07 Å². The number of benzene rings is 2. The lowest BCUT2D eigenvalue weighted by atomic mass is 9.77. The normalized spacial score (nSPS) is 19.2. The molecule has 3 aliphatic rings. The number of aliphatic hydroxyl groups excluding tert-OH is 1. The van der Waals surface area contributed by atoms with Crippen molar-refractivity contribution in [2.75, 3.05) is 44.9 Å². The van der Waals surface area contributed by atoms with Gasteiger partial charge in [-0.2, -0.15) is 13.2 Å². The first-order valence-corrected chi connectivity index (χ1v) is 20.6. The molecule has 1 amide bonds. The van der Waals surface area contributed by atoms with Crippen molar-refractivity contribution >= 4 is 17.7 Å². The summed E-state index contributed by atoms with van der Waals surface area (Å²) in [5, 5.41) is 16.2. The number of anilines is 1. The Labute approximate surface area is 361 Å². The Morgan fingerprint density at radius 1 is 0.921 bits per heavy atom. The molecule has 334 valence electrons. The summed E-state index contributed by atoms with van der Waals surface area (Å²) in [6.45, 7) is 4.37. The Morgan fingerprint density at radius 3 is 2.19 bits per heavy atom. The van der Waals surface area contributed by atoms with Crippen LogP contribution in [0.1, 0.15) is 48.9 Å². The van der Waals surface area contributed by atoms with Crippen molar-refractivity contribution in [1.29, 1.82) is 0 Å². The van der Waals surface area contributed by atoms with Gasteiger partial charge < -0.3 is 30.1 Å². The van der Waals surface area contributed by atoms with Gasteiger partial charge in [-0.3, -0.25) is 14.7 Å². The van der Waals surface area contributed by atoms with Crippen molar-refractivity contribution in [3.05, 3.63) is 113 Å². The number of fused-ring (bicyclic) bond motifs is 2. The van der Waals surface area contributed by atoms with Crippen LogP contribution in [-0.4, -0.2) is 108 Å². The van der Waals surface area contributed by atoms with Crippen molar-refractivity contribution in [1.82, 2.24) is 25.5 Å². The van der Waals surface area contributed by atoms with E-state index >= 15 is 8.78 Å². The van der Waals surface area contributed by atoms with Crippen molar-refractivity contribution in [2.24, 2.45) is 11.3 Å². The first kappa shape index (κ1) is 45.5. The van der Waals surface area contributed by atoms with Gasteiger partial charge in [0.05, 0.1) is 49.8 Å². The van der Waals surface area contributed by atoms with E-state index in [0.717, 1.165) is 83.9 Å². The molecule has 5 heterocycles. The zero-order chi connectivity index (χ0) is 45.1. The van der Waals surface area contributed by atoms with E-state index in [4.69, 9.17) is 4.74 Å². The predicted molar refractivity (Wildman–Crippen MR) is 221 cm³/mol. The molecular weight excluding hydrogens is 831 g/mol. The van der Waals surface area contributed by atoms with Gasteiger partial charge in [0.2, 0.25) is 0 Å². The number of carbonyl (C=O) groups excluding carboxylic acids is 2. The lowest BCUT2D eigenvalue weighted by Crippen LogP contribution is -2.56. The molecule has 3 fully saturated rings. The topological polar surface area (TPSA) is 129 Å². The fraction of sp³-hybridized carbons (Fsp3) is 0.435. The SMILES string of the molecule is COC(=O)N[C@H](C(=O)C[C@@H](Cc1ccc(C#Cc2ccc(N3C[C@H]4C[C@@H]3CN4C3COC3)nc2)cc1)[C@@H](O)CNCc1c(F)cc(-c2ccc(F)cn2)cc1F)C(C)(C)C(F)(F)F. The largest absolute Gasteiger partial charge is 0.453 e. The van der Waals surface area contributed by atoms with Gasteiger partial charge in [-0.15, -0.1) is 0 Å². The Kier molecular flexibility index (Phi) is 13.8. The van der Waals surface area contributed by atoms with E-state index < -0.39 is 71.9 Å². The van der Waals surface area contributed by atoms with E-state index in [1.54, 1.807) is 30.5 Å². The Morgan fingerprint density at radius 2 is 1.62 bits per heavy atom. The van der Waals surface area contributed by atoms with Crippen molar-refractivity contribution < 1.29 is 50.5 Å². The molecular formula is C46H48F6N6O5. The lowest BCUT2D eigenvalue weighted by Gasteiger charge is -2.42. The van der Waals surface area contributed by atoms with Crippen LogP contribution in [0.5, 0.6) is 0 Å². The second-order valence-electron chi connectivity index (χ2n) is 16.8. The number of ketones is 1. The van der Waals surface area contributed by atoms with Crippen LogP contribution in [0.25, 0.3) is 11.3 Å². The van der Waals surface area contributed by atoms with Crippen LogP contribution in [-0.2, 0) is 27.2 Å². The number of amides is 1. The van der Waals surface area contributed by atoms with Crippen molar-refractivity contribution in [2.45, 2.75) is 76.1 Å². The maximum atomic E-state index is 15.1. The summed E-state index contributed by atoms with van der Waals surface area (Å²) in [6.07, 6.45) is -4.43. The first-order chi connectivity index (χ1) is 30.0. The molecule has 3 aliphatic heterocycles. The second kappa shape index (κ2) is 19.1. The maximum absolute atomic E-state index is 15.1. The number of nitrogens with one attached hydrogen (secondary N) is 2. The molecule has 7 rings (SSSR count). The number of alkyl carbamates (subject to hydrolysis) is 1. The summed E-state index contributed by atoms with van der Waals surface area (Å²) in [5.74, 6) is 2.60. The Bertz CT molecular complexity index is 2290. The zero-order valence-corrected chi connectivity index (χ0v) is 34.9. The standard InChI is InChI=1S/C46H48F6N6O5/c1-45(2,46(50,51)52)43(56-44(61)62-3)40(59)17-31(41(60)22-53-21-36-37(48)15-30(16-38(36)49)39-12-11-32(47)20-54-39)14-28-7-4-27(5-8-28)6-9-29-10-13-42(55-19-29)58-24-33-18-34(58)23-57(33)35-25-63-26-35/h4-5,7-8,10-13,15-16,19-20,31,33-35,41,43,53,60H,14,17-18,21-26H2,1-3H3,(H,56,61)/t31-,33-,34-,41+,43-/m1/s1. The number of hydrogen-bond acceptors (Lipinski definition) is 10. The number of hydrogen-bond donors (Lipinski definition) is 3. The van der Waals surface area contributed by atoms with Crippen LogP contribution in [0, 0.1) is 40.6 Å². The second-order valence-corrected chi connectivity index (χ2v) is 16.8. The number of likely N-dealkylation sites (tertiary alicyclic amines) is 1. The number of ether oxygens (including phenoxy) is 2. The molecule has 63 heavy (non-hydrogen) atoms. The van der Waals surface area contributed by atoms with Gasteiger partial charge in [0, 0.05) is 73.1 Å². The number of rotatable bonds is 15. The monoisotopic (exact) mass is 878 g/mol. The highest BCUT2D eigenvalue weighted by Gasteiger charge is 2.55. The number of piperazine rings is 1. The molecule has 0 spiro atoms. The number of aromatic nitrogens is 2. The molecule has 0 saturated carbocycles. The highest BCUT2D eigenvalue weighted by Crippen LogP contribution is 2.42. The molecule has 17 heteroatoms. The lowest BCUT2D eigenvalue weighted by molar-refractivity contribution is -0.220. The first-order valence-electron chi connectivity index (χ1n) is 20.6. The molecule has 11 nitrogen and oxygen atoms in total. The third-order valence-corrected chi connectivity index (χ3v) is 12.3. The number of alkyl halides is 3. The Balaban J connectivity index is 1.03. The molecule has 3 N–H and O–H groups in total. The van der Waals surface area contributed by atoms with E-state index in [9.17, 15) is 32.3 Å². The molecule has 0 aliphatic carbocycles. The number of nitrogens with zero attached hydrogens (tertiary/aromatic N) is 4. The summed E-state index contributed by atoms with van der Waals surface area (Å²) in [7, 11) is 0.951. The molecule has 2 aromatic heterocycles. The quantitative estimate of drug-likeness (QED) is 0.0938. The smallest absolute Gasteiger partial charge is 0.407 e. The summed E-state index contributed by atoms with van der Waals surface area (Å²) in [4.78, 5) is 39.3. The van der Waals surface area contributed by atoms with Crippen LogP contribution in [0.3, 0.4) is 0 Å². The van der Waals surface area contributed by atoms with Crippen LogP contribution in [0.4, 0.5) is 37.0 Å². The van der Waals surface area contributed by atoms with Gasteiger partial charge in [-0.05, 0) is 86.7 Å². The van der Waals surface area contributed by atoms with Gasteiger partial charge in [0.25, 0.3) is 0 Å². The maximum Gasteiger partial charge on any atom is 0.407 e. The predicted octanol–water partition coefficient (Wildman–Crippen LogP) is 6.20. The van der Waals surface area contributed by atoms with Gasteiger partial charge in [-0.25, -0.2) is 22.9 Å². The number of pyridine rings is 2. The van der Waals surface area contributed by atoms with E-state index in [-0.39, 0.29) is 29.8 Å². The Hall–Kier alpha value is -5.54. The minimum absolute atomic E-state index is 0.00228. The molecule has 4 aromatic rings. The zero-order valence-electron chi connectivity index (χ0n) is 34.9. The minimum atomic E-state index is -4.92. The highest BCUT2D eigenvalue weighted by atomic mass is 19.4. The summed E-state index contributed by atoms with van der Waals surface area (Å²) < 4.78 is 96.2. The highest BCUT2D eigenvalue weighted by molar-refractivity contribution is 5.88. The van der Waals surface area contributed by atoms with E-state index in [1.807, 2.05) is 17.4 Å². The fourth-order valence-electron chi connectivity index (χ4n) is 8.34. The number of methoxy groups -OCH3 is 1. The summed E-state index contributed by atoms with van der Waals surface area (Å²) in [6, 6.07) is 14.6. The molecule has 0 radical (unpaired) electrons. The van der Waals surface area contributed by atoms with Crippen molar-refractivity contribution in [3.8, 4) is 23.1 Å². The average molecular weight is 879 g/mol. The van der Waals surface area contributed by atoms with Gasteiger partial charge >= 0.3 is 12.3 Å². The number of Topliss-reactive ketones (excluding diaryl/α,β-unsaturated/α-hetero) is 1. The number of halogens is 6. The molecule has 2 aromatic carbocycles. The molecule has 2 bridgehead atoms. The number of aliphatic hydroxyl groups is 1. The van der Waals surface area contributed by atoms with Crippen molar-refractivity contribution in [3.63, 3.8) is 0 Å². The van der Waals surface area contributed by atoms with Gasteiger partial charge in [0.1, 0.15) is 29.3 Å². The van der Waals surface area contributed by atoms with Crippen LogP contribution in [0.15, 0.2) is 73.1 Å². The molecule has 5 atom stereocenters. The molecule has 0 unspecified atom stereocenters. The van der Waals surface area contributed by atoms with Crippen LogP contribution >= 0.6 is 0 Å². The van der Waals surface area contributed by atoms with Crippen LogP contribution < -0.4 is 15.5 Å². The molecule has 3 saturated heterocycles. The summed E-state index contributed by atoms with van der Waals surface area (Å²) >= 11 is 0. The number of carbonyl (C=O) groups is 2. The van der Waals surface area contributed by atoms with Gasteiger partial charge in [0.15, 0.2) is 5.78 Å². The van der Waals surface area contributed by atoms with Crippen LogP contribution in [0.2, 0.25) is 0 Å². The van der Waals surface area contributed by atoms with Gasteiger partial charge in [-0.1, -0.05) is 24.0 Å². The third kappa shape index (κ3) is 10.5. The minimum Gasteiger partial charge on any atom is -0.453 e. The average Bonchev–Trinajstić information content (AvgIpc) is 3.84. The fourth-order valence-corrected chi connectivity index (χ4v) is 8.34. The summed E-state index contributed by atoms with van der Waals surface area (Å²) in [5.41, 5.74) is -0.910. The van der Waals surface area contributed by atoms with E-state index in [0.29, 0.717) is 34.8 Å².